The number of rotatable bonds is 35. The molecule has 0 spiro atoms. The maximum Gasteiger partial charge on any atom is 0.407 e. The van der Waals surface area contributed by atoms with Gasteiger partial charge in [0.15, 0.2) is 0 Å². The van der Waals surface area contributed by atoms with Gasteiger partial charge in [-0.05, 0) is 79.0 Å². The number of amides is 9. The molecule has 0 radical (unpaired) electrons. The third-order valence-corrected chi connectivity index (χ3v) is 11.3. The van der Waals surface area contributed by atoms with E-state index in [-0.39, 0.29) is 78.2 Å². The summed E-state index contributed by atoms with van der Waals surface area (Å²) in [6, 6.07) is 23.8. The predicted molar refractivity (Wildman–Crippen MR) is 387 cm³/mol. The Morgan fingerprint density at radius 3 is 0.990 bits per heavy atom. The van der Waals surface area contributed by atoms with Gasteiger partial charge in [-0.2, -0.15) is 0 Å². The number of hydrogen-bond donors (Lipinski definition) is 16. The first-order valence-corrected chi connectivity index (χ1v) is 33.2. The van der Waals surface area contributed by atoms with Gasteiger partial charge >= 0.3 is 47.8 Å². The second kappa shape index (κ2) is 59.6. The van der Waals surface area contributed by atoms with Crippen LogP contribution in [0.25, 0.3) is 0 Å². The molecule has 0 aliphatic heterocycles. The molecule has 0 saturated carbocycles. The van der Waals surface area contributed by atoms with E-state index in [9.17, 15) is 57.5 Å². The zero-order valence-corrected chi connectivity index (χ0v) is 62.4. The molecule has 4 atom stereocenters. The quantitative estimate of drug-likeness (QED) is 0.0227. The number of ether oxygens (including phenoxy) is 9. The van der Waals surface area contributed by atoms with Gasteiger partial charge in [0.25, 0.3) is 0 Å². The first-order valence-electron chi connectivity index (χ1n) is 32.8. The van der Waals surface area contributed by atoms with Crippen LogP contribution in [0.15, 0.2) is 91.0 Å². The number of carbonyl (C=O) groups excluding carboxylic acids is 10. The Labute approximate surface area is 617 Å². The molecule has 0 aromatic heterocycles. The van der Waals surface area contributed by atoms with Crippen LogP contribution in [0.4, 0.5) is 28.8 Å². The van der Waals surface area contributed by atoms with Gasteiger partial charge in [-0.25, -0.2) is 33.6 Å². The van der Waals surface area contributed by atoms with Gasteiger partial charge < -0.3 is 129 Å². The number of carboxylic acids is 2. The minimum atomic E-state index is -1.23. The number of carbonyl (C=O) groups is 12. The molecule has 3 aromatic rings. The van der Waals surface area contributed by atoms with E-state index in [4.69, 9.17) is 88.4 Å². The molecule has 0 aliphatic rings. The van der Waals surface area contributed by atoms with Crippen molar-refractivity contribution in [3.8, 4) is 0 Å². The number of halogens is 1. The average Bonchev–Trinajstić information content (AvgIpc) is 0.934. The predicted octanol–water partition coefficient (Wildman–Crippen LogP) is 1.91. The highest BCUT2D eigenvalue weighted by atomic mass is 35.5. The smallest absolute Gasteiger partial charge is 0.407 e. The van der Waals surface area contributed by atoms with E-state index in [1.165, 1.54) is 13.8 Å². The summed E-state index contributed by atoms with van der Waals surface area (Å²) in [6.45, 7) is 22.8. The number of nitrogens with one attached hydrogen (secondary N) is 9. The molecule has 37 nitrogen and oxygen atoms in total. The van der Waals surface area contributed by atoms with Crippen LogP contribution in [0.2, 0.25) is 0 Å². The standard InChI is InChI=1S/C22H34N4O7.C13H16N2O5.C12H26N4O4.C9H20N2O3.C8H7ClO2.C3H8N2O2/c1-16(27)26-18(14-25-20(29)32-15-17-8-6-5-7-9-17)19(28)23-10-12-31-13-11-24-21(30)33-22(2,3)4;1-9(16)15-11(12(17)18)7-14-13(19)20-8-10-5-3-2-4-6-10;1-12(2,3)20-11(18)16-5-7-19-6-4-15-10(17)9(14)8-13;1-9(2,3)14-8(12)11-5-7-13-6-4-10;9-8(10)11-6-7-4-2-1-3-5-7;4-1-2(5)3(6)7/h5-9,18H,10-15H2,1-4H3,(H,23,28)(H,24,30)(H,25,29)(H,26,27);2-6,11H,7-8H2,1H3,(H,14,19)(H,15,16)(H,17,18);9H,4-8,13-14H2,1-3H3,(H,15,17)(H,16,18);4-7,10H2,1-3H3,(H,11,12);1-5H,6H2;2H,1,4-5H2,(H,6,7). The maximum atomic E-state index is 12.3. The highest BCUT2D eigenvalue weighted by Crippen LogP contribution is 2.09. The fraction of sp³-hybridized carbons (Fsp3) is 0.552. The van der Waals surface area contributed by atoms with Crippen LogP contribution in [0, 0.1) is 0 Å². The van der Waals surface area contributed by atoms with Crippen molar-refractivity contribution < 1.29 is 110 Å². The topological polar surface area (TPSA) is 567 Å². The van der Waals surface area contributed by atoms with Crippen LogP contribution in [0.1, 0.15) is 92.9 Å². The van der Waals surface area contributed by atoms with Crippen molar-refractivity contribution in [3.63, 3.8) is 0 Å². The Morgan fingerprint density at radius 1 is 0.400 bits per heavy atom. The average molecular weight is 1520 g/mol. The van der Waals surface area contributed by atoms with Crippen molar-refractivity contribution in [2.45, 2.75) is 137 Å². The lowest BCUT2D eigenvalue weighted by atomic mass is 10.2. The first kappa shape index (κ1) is 99.4. The van der Waals surface area contributed by atoms with Crippen molar-refractivity contribution in [1.82, 2.24) is 47.9 Å². The second-order valence-corrected chi connectivity index (χ2v) is 24.6. The normalized spacial score (nSPS) is 11.6. The molecule has 105 heavy (non-hydrogen) atoms. The Kier molecular flexibility index (Phi) is 56.5. The number of hydrogen-bond acceptors (Lipinski definition) is 26. The summed E-state index contributed by atoms with van der Waals surface area (Å²) in [7, 11) is 0. The third-order valence-electron chi connectivity index (χ3n) is 11.2. The Hall–Kier alpha value is -9.73. The highest BCUT2D eigenvalue weighted by Gasteiger charge is 2.23. The molecular formula is C67H111ClN14O23. The lowest BCUT2D eigenvalue weighted by molar-refractivity contribution is -0.141. The van der Waals surface area contributed by atoms with E-state index in [1.54, 1.807) is 53.7 Å². The maximum absolute atomic E-state index is 12.3. The summed E-state index contributed by atoms with van der Waals surface area (Å²) >= 11 is 4.97. The SMILES string of the molecule is CC(=O)NC(CNC(=O)OCc1ccccc1)C(=O)NCCOCCNC(=O)OC(C)(C)C.CC(=O)NC(CNC(=O)OCc1ccccc1)C(=O)O.CC(C)(C)OC(=O)NCCOCCN.CC(C)(C)OC(=O)NCCOCCNC(=O)C(N)CN.NCC(N)C(=O)O.O=C(Cl)OCc1ccccc1. The lowest BCUT2D eigenvalue weighted by Crippen LogP contribution is -2.52. The minimum absolute atomic E-state index is 0.00463. The van der Waals surface area contributed by atoms with Gasteiger partial charge in [0.1, 0.15) is 54.7 Å². The van der Waals surface area contributed by atoms with E-state index in [1.807, 2.05) is 99.6 Å². The number of benzene rings is 3. The minimum Gasteiger partial charge on any atom is -0.480 e. The van der Waals surface area contributed by atoms with Crippen LogP contribution in [-0.4, -0.2) is 228 Å². The summed E-state index contributed by atoms with van der Waals surface area (Å²) in [5.41, 5.74) is 25.9. The fourth-order valence-electron chi connectivity index (χ4n) is 6.50. The van der Waals surface area contributed by atoms with Gasteiger partial charge in [0.05, 0.1) is 58.8 Å². The Morgan fingerprint density at radius 2 is 0.705 bits per heavy atom. The third kappa shape index (κ3) is 67.2. The van der Waals surface area contributed by atoms with E-state index in [2.05, 4.69) is 52.6 Å². The van der Waals surface area contributed by atoms with Crippen molar-refractivity contribution in [3.05, 3.63) is 108 Å². The Balaban J connectivity index is -0.00000126. The molecule has 0 saturated heterocycles. The summed E-state index contributed by atoms with van der Waals surface area (Å²) in [5.74, 6) is -3.98. The second-order valence-electron chi connectivity index (χ2n) is 24.3. The number of aliphatic carboxylic acids is 2. The van der Waals surface area contributed by atoms with Crippen molar-refractivity contribution in [2.24, 2.45) is 28.7 Å². The van der Waals surface area contributed by atoms with Gasteiger partial charge in [-0.1, -0.05) is 91.0 Å². The highest BCUT2D eigenvalue weighted by molar-refractivity contribution is 6.61. The number of alkyl carbamates (subject to hydrolysis) is 5. The van der Waals surface area contributed by atoms with Gasteiger partial charge in [-0.15, -0.1) is 0 Å². The molecule has 21 N–H and O–H groups in total. The first-order chi connectivity index (χ1) is 49.2. The van der Waals surface area contributed by atoms with Crippen LogP contribution in [0.3, 0.4) is 0 Å². The lowest BCUT2D eigenvalue weighted by Gasteiger charge is -2.19. The molecular weight excluding hydrogens is 1400 g/mol. The van der Waals surface area contributed by atoms with Crippen molar-refractivity contribution >= 4 is 83.1 Å². The molecule has 594 valence electrons. The molecule has 3 aromatic carbocycles. The molecule has 0 heterocycles. The molecule has 0 bridgehead atoms. The summed E-state index contributed by atoms with van der Waals surface area (Å²) < 4.78 is 45.3. The van der Waals surface area contributed by atoms with Crippen LogP contribution in [-0.2, 0) is 91.2 Å². The Bertz CT molecular complexity index is 2950. The van der Waals surface area contributed by atoms with Crippen LogP contribution >= 0.6 is 11.6 Å². The molecule has 0 aliphatic carbocycles. The molecule has 38 heteroatoms. The van der Waals surface area contributed by atoms with Crippen LogP contribution < -0.4 is 76.5 Å². The van der Waals surface area contributed by atoms with Crippen LogP contribution in [0.5, 0.6) is 0 Å². The fourth-order valence-corrected chi connectivity index (χ4v) is 6.55. The molecule has 4 unspecified atom stereocenters. The zero-order chi connectivity index (χ0) is 80.2. The van der Waals surface area contributed by atoms with Gasteiger partial charge in [0.2, 0.25) is 23.6 Å². The number of carboxylic acid groups (broad SMARTS) is 2. The molecule has 9 amide bonds. The largest absolute Gasteiger partial charge is 0.480 e. The zero-order valence-electron chi connectivity index (χ0n) is 61.6. The van der Waals surface area contributed by atoms with Gasteiger partial charge in [0, 0.05) is 77.8 Å². The van der Waals surface area contributed by atoms with E-state index in [0.717, 1.165) is 16.7 Å². The van der Waals surface area contributed by atoms with E-state index >= 15 is 0 Å². The summed E-state index contributed by atoms with van der Waals surface area (Å²) in [5, 5.41) is 39.1. The van der Waals surface area contributed by atoms with Crippen molar-refractivity contribution in [2.75, 3.05) is 105 Å². The van der Waals surface area contributed by atoms with E-state index in [0.29, 0.717) is 52.6 Å². The van der Waals surface area contributed by atoms with Crippen molar-refractivity contribution in [1.29, 1.82) is 0 Å². The van der Waals surface area contributed by atoms with Gasteiger partial charge in [-0.3, -0.25) is 24.0 Å². The molecule has 0 fully saturated rings. The number of nitrogens with two attached hydrogens (primary N) is 5. The summed E-state index contributed by atoms with van der Waals surface area (Å²) in [4.78, 5) is 134. The summed E-state index contributed by atoms with van der Waals surface area (Å²) in [6.07, 6.45) is -2.89. The van der Waals surface area contributed by atoms with E-state index < -0.39 is 107 Å². The monoisotopic (exact) mass is 1510 g/mol. The molecule has 3 rings (SSSR count).